The number of unbranched alkanes of at least 4 members (excludes halogenated alkanes) is 2. The van der Waals surface area contributed by atoms with Crippen molar-refractivity contribution in [3.63, 3.8) is 0 Å². The molecule has 1 aliphatic heterocycles. The summed E-state index contributed by atoms with van der Waals surface area (Å²) in [6.07, 6.45) is 10.6. The second kappa shape index (κ2) is 15.7. The van der Waals surface area contributed by atoms with E-state index in [1.165, 1.54) is 30.4 Å². The fraction of sp³-hybridized carbons (Fsp3) is 0.343. The maximum absolute atomic E-state index is 15.3. The van der Waals surface area contributed by atoms with E-state index in [0.29, 0.717) is 29.9 Å². The molecule has 0 unspecified atom stereocenters. The highest BCUT2D eigenvalue weighted by Crippen LogP contribution is 2.42. The van der Waals surface area contributed by atoms with Gasteiger partial charge in [0.2, 0.25) is 5.69 Å². The van der Waals surface area contributed by atoms with Crippen LogP contribution in [0.1, 0.15) is 51.5 Å². The lowest BCUT2D eigenvalue weighted by atomic mass is 9.81. The van der Waals surface area contributed by atoms with Gasteiger partial charge < -0.3 is 4.57 Å². The summed E-state index contributed by atoms with van der Waals surface area (Å²) in [7, 11) is -8.71. The third-order valence-electron chi connectivity index (χ3n) is 8.51. The number of aromatic nitrogens is 1. The number of halogens is 6. The molecule has 0 amide bonds. The molecule has 276 valence electrons. The van der Waals surface area contributed by atoms with Crippen molar-refractivity contribution in [1.29, 1.82) is 0 Å². The van der Waals surface area contributed by atoms with E-state index in [1.807, 2.05) is 0 Å². The number of hydrogen-bond acceptors (Lipinski definition) is 4. The summed E-state index contributed by atoms with van der Waals surface area (Å²) < 4.78 is 155. The number of aryl methyl sites for hydroxylation is 1. The van der Waals surface area contributed by atoms with Gasteiger partial charge in [-0.1, -0.05) is 30.4 Å². The maximum atomic E-state index is 15.3. The van der Waals surface area contributed by atoms with Crippen LogP contribution in [0.3, 0.4) is 0 Å². The summed E-state index contributed by atoms with van der Waals surface area (Å²) in [5.74, 6) is -10.3. The van der Waals surface area contributed by atoms with Crippen molar-refractivity contribution in [2.24, 2.45) is 0 Å². The molecule has 2 N–H and O–H groups in total. The van der Waals surface area contributed by atoms with Crippen LogP contribution >= 0.6 is 0 Å². The van der Waals surface area contributed by atoms with Crippen molar-refractivity contribution in [3.05, 3.63) is 100 Å². The molecule has 2 heterocycles. The van der Waals surface area contributed by atoms with Crippen LogP contribution in [0.15, 0.2) is 49.1 Å². The Bertz CT molecular complexity index is 2310. The lowest BCUT2D eigenvalue weighted by molar-refractivity contribution is -0.436. The molecule has 0 radical (unpaired) electrons. The molecule has 2 aromatic carbocycles. The zero-order chi connectivity index (χ0) is 37.9. The zero-order valence-electron chi connectivity index (χ0n) is 27.8. The Kier molecular flexibility index (Phi) is 12.3. The van der Waals surface area contributed by atoms with E-state index in [4.69, 9.17) is 9.11 Å². The average molecular weight is 760 g/mol. The van der Waals surface area contributed by atoms with E-state index in [9.17, 15) is 30.0 Å². The smallest absolute Gasteiger partial charge is 0.264 e. The number of fused-ring (bicyclic) bond motifs is 2. The highest BCUT2D eigenvalue weighted by atomic mass is 32.2. The minimum Gasteiger partial charge on any atom is -0.338 e. The first kappa shape index (κ1) is 39.8. The van der Waals surface area contributed by atoms with Crippen molar-refractivity contribution in [1.82, 2.24) is 4.57 Å². The molecule has 0 aliphatic carbocycles. The summed E-state index contributed by atoms with van der Waals surface area (Å²) >= 11 is 0. The van der Waals surface area contributed by atoms with Gasteiger partial charge >= 0.3 is 0 Å². The Morgan fingerprint density at radius 3 is 2.14 bits per heavy atom. The largest absolute Gasteiger partial charge is 0.338 e. The fourth-order valence-electron chi connectivity index (χ4n) is 6.30. The molecular formula is C35H37F6N2O6S2+. The maximum Gasteiger partial charge on any atom is 0.264 e. The van der Waals surface area contributed by atoms with E-state index < -0.39 is 83.0 Å². The van der Waals surface area contributed by atoms with Crippen molar-refractivity contribution >= 4 is 54.7 Å². The Labute approximate surface area is 291 Å². The number of rotatable bonds is 15. The fourth-order valence-corrected chi connectivity index (χ4v) is 7.40. The number of nitrogens with zero attached hydrogens (tertiary/aromatic N) is 2. The van der Waals surface area contributed by atoms with Crippen LogP contribution < -0.4 is 10.6 Å². The van der Waals surface area contributed by atoms with E-state index >= 15 is 13.2 Å². The standard InChI is InChI=1S/C35H36F6N2O6S2/c1-4-5-16-42-26-21-22(36)20-24(37)29(26)35(2,3)27(42)15-8-6-7-14-25-23(13-9-11-18-50(44,45)46)28-30(38)31(39)32(40)33(41)34(28)43(25)17-10-12-19-51(47,48)49/h4,6-8,13-15,20-21H,1,5,9-12,16-19H2,2-3H3,(H-,44,45,46,47,48,49)/p+1/b23-13-. The van der Waals surface area contributed by atoms with Gasteiger partial charge in [0.15, 0.2) is 35.5 Å². The van der Waals surface area contributed by atoms with Crippen LogP contribution in [0.4, 0.5) is 32.0 Å². The van der Waals surface area contributed by atoms with Crippen molar-refractivity contribution < 1.29 is 56.9 Å². The molecule has 51 heavy (non-hydrogen) atoms. The molecule has 0 fully saturated rings. The third-order valence-corrected chi connectivity index (χ3v) is 10.1. The topological polar surface area (TPSA) is 117 Å². The SMILES string of the molecule is C=CCC[N+]1=C(C=CC=CC=c2/c(=C/CCCS(=O)(=O)O)c3c(F)c(F)c(F)c(F)c3n2CCCCS(=O)(=O)O)C(C)(C)c2c(F)cc(F)cc21. The second-order valence-corrected chi connectivity index (χ2v) is 15.6. The molecule has 0 atom stereocenters. The normalized spacial score (nSPS) is 15.7. The van der Waals surface area contributed by atoms with Gasteiger partial charge in [-0.05, 0) is 45.6 Å². The second-order valence-electron chi connectivity index (χ2n) is 12.5. The predicted molar refractivity (Wildman–Crippen MR) is 184 cm³/mol. The Hall–Kier alpha value is -3.99. The quantitative estimate of drug-likeness (QED) is 0.0282. The van der Waals surface area contributed by atoms with E-state index in [1.54, 1.807) is 36.7 Å². The summed E-state index contributed by atoms with van der Waals surface area (Å²) in [6, 6.07) is 2.07. The number of allylic oxidation sites excluding steroid dienone is 4. The van der Waals surface area contributed by atoms with Gasteiger partial charge in [-0.2, -0.15) is 21.4 Å². The summed E-state index contributed by atoms with van der Waals surface area (Å²) in [6.45, 7) is 7.42. The summed E-state index contributed by atoms with van der Waals surface area (Å²) in [4.78, 5) is 0. The van der Waals surface area contributed by atoms with Gasteiger partial charge in [0, 0.05) is 47.1 Å². The Balaban J connectivity index is 1.88. The van der Waals surface area contributed by atoms with E-state index in [-0.39, 0.29) is 42.8 Å². The first-order valence-corrected chi connectivity index (χ1v) is 19.1. The highest BCUT2D eigenvalue weighted by Gasteiger charge is 2.46. The first-order chi connectivity index (χ1) is 23.8. The summed E-state index contributed by atoms with van der Waals surface area (Å²) in [5, 5.41) is -0.729. The van der Waals surface area contributed by atoms with Crippen LogP contribution in [0.25, 0.3) is 23.1 Å². The molecule has 16 heteroatoms. The van der Waals surface area contributed by atoms with Crippen LogP contribution in [0.5, 0.6) is 0 Å². The van der Waals surface area contributed by atoms with Crippen LogP contribution in [0, 0.1) is 34.9 Å². The average Bonchev–Trinajstić information content (AvgIpc) is 3.44. The number of hydrogen-bond donors (Lipinski definition) is 2. The molecule has 8 nitrogen and oxygen atoms in total. The van der Waals surface area contributed by atoms with Gasteiger partial charge in [0.1, 0.15) is 11.6 Å². The molecule has 4 rings (SSSR count). The Morgan fingerprint density at radius 1 is 0.843 bits per heavy atom. The van der Waals surface area contributed by atoms with Gasteiger partial charge in [-0.25, -0.2) is 26.3 Å². The highest BCUT2D eigenvalue weighted by molar-refractivity contribution is 7.86. The van der Waals surface area contributed by atoms with E-state index in [0.717, 1.165) is 10.6 Å². The molecule has 0 saturated heterocycles. The van der Waals surface area contributed by atoms with Crippen LogP contribution in [0.2, 0.25) is 0 Å². The minimum atomic E-state index is -4.36. The zero-order valence-corrected chi connectivity index (χ0v) is 29.4. The number of benzene rings is 2. The summed E-state index contributed by atoms with van der Waals surface area (Å²) in [5.41, 5.74) is -0.248. The molecular weight excluding hydrogens is 723 g/mol. The molecule has 0 bridgehead atoms. The van der Waals surface area contributed by atoms with Crippen LogP contribution in [-0.4, -0.2) is 58.8 Å². The third kappa shape index (κ3) is 8.91. The monoisotopic (exact) mass is 759 g/mol. The van der Waals surface area contributed by atoms with Gasteiger partial charge in [-0.15, -0.1) is 6.58 Å². The molecule has 0 spiro atoms. The van der Waals surface area contributed by atoms with Crippen LogP contribution in [-0.2, 0) is 32.2 Å². The van der Waals surface area contributed by atoms with Crippen molar-refractivity contribution in [3.8, 4) is 0 Å². The molecule has 3 aromatic rings. The Morgan fingerprint density at radius 2 is 1.49 bits per heavy atom. The van der Waals surface area contributed by atoms with Gasteiger partial charge in [-0.3, -0.25) is 9.11 Å². The van der Waals surface area contributed by atoms with E-state index in [2.05, 4.69) is 6.58 Å². The lowest BCUT2D eigenvalue weighted by Crippen LogP contribution is -2.29. The lowest BCUT2D eigenvalue weighted by Gasteiger charge is -2.16. The first-order valence-electron chi connectivity index (χ1n) is 15.8. The minimum absolute atomic E-state index is 0.0259. The molecule has 1 aliphatic rings. The van der Waals surface area contributed by atoms with Crippen molar-refractivity contribution in [2.45, 2.75) is 57.9 Å². The van der Waals surface area contributed by atoms with Gasteiger partial charge in [0.05, 0.1) is 28.0 Å². The molecule has 1 aromatic heterocycles. The van der Waals surface area contributed by atoms with Crippen molar-refractivity contribution in [2.75, 3.05) is 18.1 Å². The molecule has 0 saturated carbocycles. The van der Waals surface area contributed by atoms with Gasteiger partial charge in [0.25, 0.3) is 20.2 Å². The predicted octanol–water partition coefficient (Wildman–Crippen LogP) is 6.14.